The molecule has 0 heterocycles. The lowest BCUT2D eigenvalue weighted by molar-refractivity contribution is 0.418. The molecule has 0 saturated heterocycles. The fourth-order valence-electron chi connectivity index (χ4n) is 4.49. The fraction of sp³-hybridized carbons (Fsp3) is 0.450. The van der Waals surface area contributed by atoms with Gasteiger partial charge in [-0.15, -0.1) is 0 Å². The SMILES string of the molecule is CCCCS(=O)(=O)O.CCCCS(=O)(=O)O.CCCCS(=O)(=O)O.CCCCS(=O)(=O)O.COc1ccc(Oc2ccc(S(=O)(=O)c3ccc(C)cc3)cc2)c2ccccc12. The first-order valence-corrected chi connectivity index (χ1v) is 27.1. The zero-order valence-corrected chi connectivity index (χ0v) is 39.4. The van der Waals surface area contributed by atoms with Gasteiger partial charge < -0.3 is 9.47 Å². The Morgan fingerprint density at radius 3 is 1.05 bits per heavy atom. The second-order valence-electron chi connectivity index (χ2n) is 13.3. The van der Waals surface area contributed by atoms with Crippen molar-refractivity contribution in [3.05, 3.63) is 90.5 Å². The second-order valence-corrected chi connectivity index (χ2v) is 21.5. The number of methoxy groups -OCH3 is 1. The van der Waals surface area contributed by atoms with Crippen molar-refractivity contribution in [1.82, 2.24) is 0 Å². The normalized spacial score (nSPS) is 11.6. The Bertz CT molecular complexity index is 2290. The highest BCUT2D eigenvalue weighted by molar-refractivity contribution is 7.91. The lowest BCUT2D eigenvalue weighted by Gasteiger charge is -2.12. The van der Waals surface area contributed by atoms with Crippen molar-refractivity contribution in [2.45, 2.75) is 95.8 Å². The van der Waals surface area contributed by atoms with E-state index < -0.39 is 50.3 Å². The molecule has 0 aliphatic rings. The van der Waals surface area contributed by atoms with Gasteiger partial charge in [0.1, 0.15) is 17.2 Å². The van der Waals surface area contributed by atoms with Crippen LogP contribution in [0.3, 0.4) is 0 Å². The second kappa shape index (κ2) is 28.1. The maximum Gasteiger partial charge on any atom is 0.264 e. The zero-order valence-electron chi connectivity index (χ0n) is 35.3. The van der Waals surface area contributed by atoms with Crippen LogP contribution in [-0.2, 0) is 50.3 Å². The summed E-state index contributed by atoms with van der Waals surface area (Å²) in [6.07, 6.45) is 5.33. The Balaban J connectivity index is 0.000000917. The summed E-state index contributed by atoms with van der Waals surface area (Å²) >= 11 is 0. The van der Waals surface area contributed by atoms with Crippen LogP contribution in [0.1, 0.15) is 84.6 Å². The van der Waals surface area contributed by atoms with Crippen LogP contribution in [0.15, 0.2) is 94.7 Å². The van der Waals surface area contributed by atoms with Crippen LogP contribution in [-0.4, -0.2) is 90.4 Å². The summed E-state index contributed by atoms with van der Waals surface area (Å²) in [5.74, 6) is 1.58. The van der Waals surface area contributed by atoms with Gasteiger partial charge in [-0.3, -0.25) is 18.2 Å². The highest BCUT2D eigenvalue weighted by Gasteiger charge is 2.18. The molecule has 21 heteroatoms. The Morgan fingerprint density at radius 1 is 0.443 bits per heavy atom. The van der Waals surface area contributed by atoms with Crippen molar-refractivity contribution in [1.29, 1.82) is 0 Å². The molecule has 4 rings (SSSR count). The van der Waals surface area contributed by atoms with Crippen molar-refractivity contribution in [3.63, 3.8) is 0 Å². The van der Waals surface area contributed by atoms with Crippen molar-refractivity contribution >= 4 is 61.1 Å². The minimum Gasteiger partial charge on any atom is -0.496 e. The van der Waals surface area contributed by atoms with Crippen LogP contribution in [0.5, 0.6) is 17.2 Å². The first-order chi connectivity index (χ1) is 28.2. The molecule has 16 nitrogen and oxygen atoms in total. The summed E-state index contributed by atoms with van der Waals surface area (Å²) in [5.41, 5.74) is 1.01. The Kier molecular flexibility index (Phi) is 26.4. The van der Waals surface area contributed by atoms with E-state index in [1.54, 1.807) is 55.6 Å². The minimum absolute atomic E-state index is 0.108. The van der Waals surface area contributed by atoms with Gasteiger partial charge in [-0.05, 0) is 81.1 Å². The number of aryl methyl sites for hydroxylation is 1. The molecular weight excluding hydrogens is 897 g/mol. The highest BCUT2D eigenvalue weighted by Crippen LogP contribution is 2.35. The van der Waals surface area contributed by atoms with Crippen LogP contribution in [0.2, 0.25) is 0 Å². The predicted molar refractivity (Wildman–Crippen MR) is 239 cm³/mol. The van der Waals surface area contributed by atoms with E-state index in [9.17, 15) is 42.1 Å². The van der Waals surface area contributed by atoms with E-state index in [2.05, 4.69) is 0 Å². The minimum atomic E-state index is -3.69. The number of sulfone groups is 1. The average Bonchev–Trinajstić information content (AvgIpc) is 3.18. The molecule has 4 N–H and O–H groups in total. The third-order valence-electron chi connectivity index (χ3n) is 7.78. The molecule has 61 heavy (non-hydrogen) atoms. The summed E-state index contributed by atoms with van der Waals surface area (Å²) < 4.78 is 149. The largest absolute Gasteiger partial charge is 0.496 e. The molecule has 0 unspecified atom stereocenters. The van der Waals surface area contributed by atoms with E-state index in [1.807, 2.05) is 71.0 Å². The zero-order chi connectivity index (χ0) is 46.9. The summed E-state index contributed by atoms with van der Waals surface area (Å²) in [6.45, 7) is 9.39. The number of fused-ring (bicyclic) bond motifs is 1. The van der Waals surface area contributed by atoms with E-state index in [1.165, 1.54) is 0 Å². The van der Waals surface area contributed by atoms with Crippen molar-refractivity contribution in [3.8, 4) is 17.2 Å². The molecule has 0 radical (unpaired) electrons. The van der Waals surface area contributed by atoms with Gasteiger partial charge in [-0.1, -0.05) is 95.3 Å². The average molecular weight is 957 g/mol. The number of hydrogen-bond donors (Lipinski definition) is 4. The third kappa shape index (κ3) is 27.1. The van der Waals surface area contributed by atoms with Gasteiger partial charge in [0.25, 0.3) is 40.5 Å². The molecule has 0 aliphatic carbocycles. The van der Waals surface area contributed by atoms with Gasteiger partial charge >= 0.3 is 0 Å². The number of hydrogen-bond acceptors (Lipinski definition) is 12. The maximum absolute atomic E-state index is 12.8. The number of unbranched alkanes of at least 4 members (excludes halogenated alkanes) is 4. The van der Waals surface area contributed by atoms with E-state index in [0.29, 0.717) is 37.2 Å². The molecule has 0 saturated carbocycles. The van der Waals surface area contributed by atoms with Crippen LogP contribution >= 0.6 is 0 Å². The molecule has 0 atom stereocenters. The van der Waals surface area contributed by atoms with Gasteiger partial charge in [-0.25, -0.2) is 8.42 Å². The van der Waals surface area contributed by atoms with Crippen molar-refractivity contribution in [2.24, 2.45) is 0 Å². The molecule has 346 valence electrons. The maximum atomic E-state index is 12.8. The molecule has 4 aromatic carbocycles. The van der Waals surface area contributed by atoms with E-state index in [0.717, 1.165) is 47.8 Å². The topological polar surface area (TPSA) is 270 Å². The first-order valence-electron chi connectivity index (χ1n) is 19.2. The van der Waals surface area contributed by atoms with Crippen LogP contribution in [0.25, 0.3) is 10.8 Å². The molecule has 0 fully saturated rings. The summed E-state index contributed by atoms with van der Waals surface area (Å²) in [4.78, 5) is 0.506. The van der Waals surface area contributed by atoms with E-state index in [4.69, 9.17) is 27.7 Å². The predicted octanol–water partition coefficient (Wildman–Crippen LogP) is 8.48. The monoisotopic (exact) mass is 956 g/mol. The highest BCUT2D eigenvalue weighted by atomic mass is 32.2. The Labute approximate surface area is 362 Å². The first kappa shape index (κ1) is 57.3. The Hall–Kier alpha value is -3.67. The lowest BCUT2D eigenvalue weighted by atomic mass is 10.1. The standard InChI is InChI=1S/C24H20O4S.4C4H10O3S/c1-17-7-11-19(12-8-17)29(25,26)20-13-9-18(10-14-20)28-24-16-15-23(27-2)21-5-3-4-6-22(21)24;4*1-2-3-4-8(5,6)7/h3-16H,1-2H3;4*2-4H2,1H3,(H,5,6,7). The molecule has 4 aromatic rings. The van der Waals surface area contributed by atoms with E-state index >= 15 is 0 Å². The van der Waals surface area contributed by atoms with Crippen molar-refractivity contribution < 1.29 is 69.8 Å². The van der Waals surface area contributed by atoms with Gasteiger partial charge in [0, 0.05) is 10.8 Å². The van der Waals surface area contributed by atoms with Gasteiger partial charge in [0.05, 0.1) is 39.9 Å². The lowest BCUT2D eigenvalue weighted by Crippen LogP contribution is -2.02. The summed E-state index contributed by atoms with van der Waals surface area (Å²) in [5, 5.41) is 1.87. The van der Waals surface area contributed by atoms with Crippen LogP contribution in [0, 0.1) is 6.92 Å². The molecular formula is C40H60O16S5. The molecule has 0 spiro atoms. The fourth-order valence-corrected chi connectivity index (χ4v) is 8.36. The third-order valence-corrected chi connectivity index (χ3v) is 12.8. The van der Waals surface area contributed by atoms with Crippen molar-refractivity contribution in [2.75, 3.05) is 30.1 Å². The van der Waals surface area contributed by atoms with Crippen LogP contribution in [0.4, 0.5) is 0 Å². The Morgan fingerprint density at radius 2 is 0.754 bits per heavy atom. The van der Waals surface area contributed by atoms with Crippen LogP contribution < -0.4 is 9.47 Å². The number of benzene rings is 4. The summed E-state index contributed by atoms with van der Waals surface area (Å²) in [6, 6.07) is 24.8. The quantitative estimate of drug-likeness (QED) is 0.0722. The number of ether oxygens (including phenoxy) is 2. The molecule has 0 aromatic heterocycles. The molecule has 0 amide bonds. The smallest absolute Gasteiger partial charge is 0.264 e. The number of rotatable bonds is 17. The van der Waals surface area contributed by atoms with Gasteiger partial charge in [0.15, 0.2) is 0 Å². The molecule has 0 aliphatic heterocycles. The van der Waals surface area contributed by atoms with E-state index in [-0.39, 0.29) is 32.8 Å². The van der Waals surface area contributed by atoms with Gasteiger partial charge in [-0.2, -0.15) is 33.7 Å². The van der Waals surface area contributed by atoms with Gasteiger partial charge in [0.2, 0.25) is 9.84 Å². The summed E-state index contributed by atoms with van der Waals surface area (Å²) in [7, 11) is -16.7. The molecule has 0 bridgehead atoms.